The van der Waals surface area contributed by atoms with Gasteiger partial charge >= 0.3 is 0 Å². The normalized spacial score (nSPS) is 9.64. The number of hydrogen-bond acceptors (Lipinski definition) is 7. The van der Waals surface area contributed by atoms with Gasteiger partial charge in [-0.3, -0.25) is 0 Å². The maximum Gasteiger partial charge on any atom is 0.176 e. The third-order valence-electron chi connectivity index (χ3n) is 1.29. The Hall–Kier alpha value is -1.52. The summed E-state index contributed by atoms with van der Waals surface area (Å²) in [6.45, 7) is 0. The Bertz CT molecular complexity index is 461. The van der Waals surface area contributed by atoms with Gasteiger partial charge in [0, 0.05) is 0 Å². The van der Waals surface area contributed by atoms with Crippen molar-refractivity contribution in [2.75, 3.05) is 0 Å². The van der Waals surface area contributed by atoms with Gasteiger partial charge in [-0.25, -0.2) is 4.98 Å². The molecule has 0 saturated carbocycles. The average molecular weight is 221 g/mol. The molecule has 14 heavy (non-hydrogen) atoms. The van der Waals surface area contributed by atoms with E-state index in [9.17, 15) is 0 Å². The van der Waals surface area contributed by atoms with Crippen LogP contribution >= 0.6 is 23.3 Å². The minimum absolute atomic E-state index is 0.493. The van der Waals surface area contributed by atoms with Gasteiger partial charge in [0.2, 0.25) is 0 Å². The molecule has 0 saturated heterocycles. The van der Waals surface area contributed by atoms with Crippen molar-refractivity contribution in [2.24, 2.45) is 0 Å². The molecule has 0 aromatic carbocycles. The number of aromatic nitrogens is 4. The Kier molecular flexibility index (Phi) is 2.67. The summed E-state index contributed by atoms with van der Waals surface area (Å²) in [5, 5.41) is 16.9. The summed E-state index contributed by atoms with van der Waals surface area (Å²) in [5.41, 5.74) is 0.493. The van der Waals surface area contributed by atoms with Crippen LogP contribution < -0.4 is 0 Å². The van der Waals surface area contributed by atoms with Crippen LogP contribution in [0.3, 0.4) is 0 Å². The van der Waals surface area contributed by atoms with Gasteiger partial charge in [-0.2, -0.15) is 14.7 Å². The molecule has 0 aliphatic rings. The van der Waals surface area contributed by atoms with Crippen molar-refractivity contribution in [3.63, 3.8) is 0 Å². The summed E-state index contributed by atoms with van der Waals surface area (Å²) in [4.78, 5) is 3.99. The summed E-state index contributed by atoms with van der Waals surface area (Å²) >= 11 is 2.63. The first-order valence-corrected chi connectivity index (χ1v) is 5.15. The zero-order valence-electron chi connectivity index (χ0n) is 6.78. The van der Waals surface area contributed by atoms with Crippen LogP contribution in [-0.2, 0) is 0 Å². The van der Waals surface area contributed by atoms with Crippen molar-refractivity contribution in [3.8, 4) is 6.07 Å². The molecule has 2 rings (SSSR count). The molecule has 2 aromatic rings. The van der Waals surface area contributed by atoms with E-state index in [-0.39, 0.29) is 0 Å². The third kappa shape index (κ3) is 2.04. The van der Waals surface area contributed by atoms with E-state index >= 15 is 0 Å². The van der Waals surface area contributed by atoms with E-state index in [0.717, 1.165) is 4.34 Å². The summed E-state index contributed by atoms with van der Waals surface area (Å²) in [6.07, 6.45) is 2.90. The highest BCUT2D eigenvalue weighted by Crippen LogP contribution is 2.25. The van der Waals surface area contributed by atoms with E-state index in [1.54, 1.807) is 6.07 Å². The Morgan fingerprint density at radius 3 is 3.14 bits per heavy atom. The molecule has 0 N–H and O–H groups in total. The lowest BCUT2D eigenvalue weighted by Crippen LogP contribution is -1.86. The van der Waals surface area contributed by atoms with Gasteiger partial charge in [0.05, 0.1) is 11.8 Å². The molecule has 0 atom stereocenters. The highest BCUT2D eigenvalue weighted by molar-refractivity contribution is 8.00. The lowest BCUT2D eigenvalue weighted by molar-refractivity contribution is 0.923. The second-order valence-electron chi connectivity index (χ2n) is 2.20. The molecule has 0 spiro atoms. The van der Waals surface area contributed by atoms with Gasteiger partial charge in [-0.05, 0) is 29.4 Å². The monoisotopic (exact) mass is 221 g/mol. The SMILES string of the molecule is N#Cc1cnnc(Sc2ncns2)c1. The van der Waals surface area contributed by atoms with Gasteiger partial charge in [0.15, 0.2) is 4.34 Å². The average Bonchev–Trinajstić information content (AvgIpc) is 2.71. The van der Waals surface area contributed by atoms with Crippen LogP contribution in [0.1, 0.15) is 5.56 Å². The van der Waals surface area contributed by atoms with Crippen LogP contribution in [0.5, 0.6) is 0 Å². The predicted octanol–water partition coefficient (Wildman–Crippen LogP) is 1.35. The van der Waals surface area contributed by atoms with Crippen LogP contribution in [0.25, 0.3) is 0 Å². The lowest BCUT2D eigenvalue weighted by Gasteiger charge is -1.93. The first-order valence-electron chi connectivity index (χ1n) is 3.56. The third-order valence-corrected chi connectivity index (χ3v) is 2.92. The number of nitriles is 1. The van der Waals surface area contributed by atoms with Crippen molar-refractivity contribution < 1.29 is 0 Å². The molecule has 2 aromatic heterocycles. The van der Waals surface area contributed by atoms with Crippen molar-refractivity contribution >= 4 is 23.3 Å². The smallest absolute Gasteiger partial charge is 0.176 e. The number of rotatable bonds is 2. The van der Waals surface area contributed by atoms with Crippen molar-refractivity contribution in [2.45, 2.75) is 9.37 Å². The molecular formula is C7H3N5S2. The molecule has 0 amide bonds. The maximum absolute atomic E-state index is 8.64. The van der Waals surface area contributed by atoms with Gasteiger partial charge in [0.25, 0.3) is 0 Å². The summed E-state index contributed by atoms with van der Waals surface area (Å²) in [5.74, 6) is 0. The molecular weight excluding hydrogens is 218 g/mol. The zero-order chi connectivity index (χ0) is 9.80. The first kappa shape index (κ1) is 9.05. The lowest BCUT2D eigenvalue weighted by atomic mass is 10.3. The molecule has 0 bridgehead atoms. The highest BCUT2D eigenvalue weighted by atomic mass is 32.2. The Labute approximate surface area is 88.0 Å². The quantitative estimate of drug-likeness (QED) is 0.762. The zero-order valence-corrected chi connectivity index (χ0v) is 8.42. The van der Waals surface area contributed by atoms with E-state index in [1.807, 2.05) is 6.07 Å². The van der Waals surface area contributed by atoms with E-state index in [2.05, 4.69) is 19.6 Å². The Morgan fingerprint density at radius 2 is 2.43 bits per heavy atom. The topological polar surface area (TPSA) is 75.3 Å². The molecule has 5 nitrogen and oxygen atoms in total. The van der Waals surface area contributed by atoms with Crippen LogP contribution in [0.15, 0.2) is 28.0 Å². The predicted molar refractivity (Wildman–Crippen MR) is 50.8 cm³/mol. The molecule has 7 heteroatoms. The number of nitrogens with zero attached hydrogens (tertiary/aromatic N) is 5. The minimum atomic E-state index is 0.493. The summed E-state index contributed by atoms with van der Waals surface area (Å²) < 4.78 is 4.64. The Balaban J connectivity index is 2.22. The van der Waals surface area contributed by atoms with Gasteiger partial charge < -0.3 is 0 Å². The van der Waals surface area contributed by atoms with Crippen LogP contribution in [0.4, 0.5) is 0 Å². The fourth-order valence-electron chi connectivity index (χ4n) is 0.756. The molecule has 0 radical (unpaired) electrons. The van der Waals surface area contributed by atoms with E-state index in [0.29, 0.717) is 10.6 Å². The van der Waals surface area contributed by atoms with Crippen molar-refractivity contribution in [1.29, 1.82) is 5.26 Å². The summed E-state index contributed by atoms with van der Waals surface area (Å²) in [6, 6.07) is 3.66. The second kappa shape index (κ2) is 4.13. The number of hydrogen-bond donors (Lipinski definition) is 0. The van der Waals surface area contributed by atoms with E-state index in [4.69, 9.17) is 5.26 Å². The van der Waals surface area contributed by atoms with Crippen molar-refractivity contribution in [1.82, 2.24) is 19.6 Å². The van der Waals surface area contributed by atoms with Crippen LogP contribution in [-0.4, -0.2) is 19.6 Å². The fraction of sp³-hybridized carbons (Fsp3) is 0. The Morgan fingerprint density at radius 1 is 1.50 bits per heavy atom. The highest BCUT2D eigenvalue weighted by Gasteiger charge is 2.03. The molecule has 2 heterocycles. The molecule has 0 aliphatic heterocycles. The van der Waals surface area contributed by atoms with Gasteiger partial charge in [0.1, 0.15) is 17.4 Å². The fourth-order valence-corrected chi connectivity index (χ4v) is 2.12. The molecule has 68 valence electrons. The molecule has 0 unspecified atom stereocenters. The largest absolute Gasteiger partial charge is 0.216 e. The maximum atomic E-state index is 8.64. The van der Waals surface area contributed by atoms with Crippen LogP contribution in [0.2, 0.25) is 0 Å². The second-order valence-corrected chi connectivity index (χ2v) is 4.25. The van der Waals surface area contributed by atoms with Gasteiger partial charge in [-0.1, -0.05) is 0 Å². The van der Waals surface area contributed by atoms with Crippen molar-refractivity contribution in [3.05, 3.63) is 24.2 Å². The standard InChI is InChI=1S/C7H3N5S2/c8-2-5-1-6(12-10-3-5)13-7-9-4-11-14-7/h1,3-4H. The van der Waals surface area contributed by atoms with Crippen LogP contribution in [0, 0.1) is 11.3 Å². The first-order chi connectivity index (χ1) is 6.88. The minimum Gasteiger partial charge on any atom is -0.216 e. The molecule has 0 fully saturated rings. The molecule has 0 aliphatic carbocycles. The van der Waals surface area contributed by atoms with Gasteiger partial charge in [-0.15, -0.1) is 5.10 Å². The summed E-state index contributed by atoms with van der Waals surface area (Å²) in [7, 11) is 0. The van der Waals surface area contributed by atoms with E-state index < -0.39 is 0 Å². The van der Waals surface area contributed by atoms with E-state index in [1.165, 1.54) is 35.8 Å².